The van der Waals surface area contributed by atoms with E-state index in [4.69, 9.17) is 0 Å². The summed E-state index contributed by atoms with van der Waals surface area (Å²) in [5, 5.41) is 9.76. The van der Waals surface area contributed by atoms with Crippen molar-refractivity contribution in [3.8, 4) is 11.4 Å². The third-order valence-electron chi connectivity index (χ3n) is 3.12. The highest BCUT2D eigenvalue weighted by Gasteiger charge is 2.10. The van der Waals surface area contributed by atoms with Crippen molar-refractivity contribution in [3.05, 3.63) is 36.2 Å². The number of unbranched alkanes of at least 4 members (excludes halogenated alkanes) is 3. The molecule has 0 bridgehead atoms. The smallest absolute Gasteiger partial charge is 0.269 e. The summed E-state index contributed by atoms with van der Waals surface area (Å²) in [5.41, 5.74) is 1.89. The molecule has 2 N–H and O–H groups in total. The molecule has 0 radical (unpaired) electrons. The molecule has 5 nitrogen and oxygen atoms in total. The lowest BCUT2D eigenvalue weighted by Gasteiger charge is -2.02. The minimum atomic E-state index is -0.126. The Labute approximate surface area is 130 Å². The van der Waals surface area contributed by atoms with Crippen LogP contribution in [0.5, 0.6) is 0 Å². The molecule has 21 heavy (non-hydrogen) atoms. The van der Waals surface area contributed by atoms with Crippen LogP contribution in [0.4, 0.5) is 0 Å². The van der Waals surface area contributed by atoms with Crippen LogP contribution in [0.1, 0.15) is 36.2 Å². The van der Waals surface area contributed by atoms with Crippen molar-refractivity contribution in [3.63, 3.8) is 0 Å². The van der Waals surface area contributed by atoms with Gasteiger partial charge in [0.15, 0.2) is 0 Å². The molecular weight excluding hydrogens is 284 g/mol. The van der Waals surface area contributed by atoms with E-state index in [0.29, 0.717) is 17.9 Å². The summed E-state index contributed by atoms with van der Waals surface area (Å²) in [6.07, 6.45) is 6.09. The van der Waals surface area contributed by atoms with Gasteiger partial charge in [0.1, 0.15) is 11.4 Å². The van der Waals surface area contributed by atoms with Crippen molar-refractivity contribution in [2.45, 2.75) is 25.7 Å². The first-order valence-electron chi connectivity index (χ1n) is 7.17. The minimum Gasteiger partial charge on any atom is -0.351 e. The molecule has 0 saturated carbocycles. The summed E-state index contributed by atoms with van der Waals surface area (Å²) in [7, 11) is 0. The second-order valence-electron chi connectivity index (χ2n) is 4.78. The van der Waals surface area contributed by atoms with E-state index in [1.54, 1.807) is 12.3 Å². The van der Waals surface area contributed by atoms with E-state index in [9.17, 15) is 4.79 Å². The van der Waals surface area contributed by atoms with Gasteiger partial charge in [0.05, 0.1) is 5.69 Å². The maximum Gasteiger partial charge on any atom is 0.269 e. The average Bonchev–Trinajstić information content (AvgIpc) is 3.01. The van der Waals surface area contributed by atoms with Crippen LogP contribution in [0.2, 0.25) is 0 Å². The van der Waals surface area contributed by atoms with E-state index < -0.39 is 0 Å². The third-order valence-corrected chi connectivity index (χ3v) is 3.44. The predicted molar refractivity (Wildman–Crippen MR) is 86.5 cm³/mol. The number of H-pyrrole nitrogens is 1. The number of carbonyl (C=O) groups excluding carboxylic acids is 1. The van der Waals surface area contributed by atoms with Crippen LogP contribution in [-0.4, -0.2) is 33.4 Å². The predicted octanol–water partition coefficient (Wildman–Crippen LogP) is 2.69. The van der Waals surface area contributed by atoms with E-state index in [1.807, 2.05) is 18.2 Å². The van der Waals surface area contributed by atoms with Gasteiger partial charge in [-0.05, 0) is 36.8 Å². The SMILES string of the molecule is O=C(NCCCCCCS)c1cc(-c2ccccn2)n[nH]1. The zero-order valence-electron chi connectivity index (χ0n) is 11.9. The van der Waals surface area contributed by atoms with Crippen molar-refractivity contribution >= 4 is 18.5 Å². The number of hydrogen-bond acceptors (Lipinski definition) is 4. The van der Waals surface area contributed by atoms with Crippen LogP contribution < -0.4 is 5.32 Å². The van der Waals surface area contributed by atoms with Crippen LogP contribution in [0.15, 0.2) is 30.5 Å². The number of thiol groups is 1. The first-order valence-corrected chi connectivity index (χ1v) is 7.80. The summed E-state index contributed by atoms with van der Waals surface area (Å²) >= 11 is 4.17. The highest BCUT2D eigenvalue weighted by Crippen LogP contribution is 2.13. The summed E-state index contributed by atoms with van der Waals surface area (Å²) in [5.74, 6) is 0.801. The largest absolute Gasteiger partial charge is 0.351 e. The third kappa shape index (κ3) is 4.90. The Hall–Kier alpha value is -1.82. The quantitative estimate of drug-likeness (QED) is 0.519. The highest BCUT2D eigenvalue weighted by molar-refractivity contribution is 7.80. The minimum absolute atomic E-state index is 0.126. The molecule has 2 aromatic heterocycles. The summed E-state index contributed by atoms with van der Waals surface area (Å²) in [6.45, 7) is 0.684. The fourth-order valence-corrected chi connectivity index (χ4v) is 2.19. The second kappa shape index (κ2) is 8.46. The van der Waals surface area contributed by atoms with Crippen molar-refractivity contribution in [1.29, 1.82) is 0 Å². The molecule has 1 amide bonds. The molecule has 6 heteroatoms. The Morgan fingerprint density at radius 3 is 2.81 bits per heavy atom. The maximum absolute atomic E-state index is 12.0. The van der Waals surface area contributed by atoms with Gasteiger partial charge in [-0.1, -0.05) is 18.9 Å². The van der Waals surface area contributed by atoms with E-state index in [-0.39, 0.29) is 5.91 Å². The first-order chi connectivity index (χ1) is 10.3. The van der Waals surface area contributed by atoms with Gasteiger partial charge in [0.25, 0.3) is 5.91 Å². The van der Waals surface area contributed by atoms with Gasteiger partial charge in [0, 0.05) is 12.7 Å². The lowest BCUT2D eigenvalue weighted by molar-refractivity contribution is 0.0948. The van der Waals surface area contributed by atoms with E-state index in [0.717, 1.165) is 37.1 Å². The topological polar surface area (TPSA) is 70.7 Å². The van der Waals surface area contributed by atoms with Gasteiger partial charge < -0.3 is 5.32 Å². The summed E-state index contributed by atoms with van der Waals surface area (Å²) < 4.78 is 0. The molecule has 0 unspecified atom stereocenters. The first kappa shape index (κ1) is 15.6. The van der Waals surface area contributed by atoms with Gasteiger partial charge >= 0.3 is 0 Å². The zero-order valence-corrected chi connectivity index (χ0v) is 12.8. The molecule has 2 rings (SSSR count). The van der Waals surface area contributed by atoms with Gasteiger partial charge in [-0.3, -0.25) is 14.9 Å². The Kier molecular flexibility index (Phi) is 6.27. The number of pyridine rings is 1. The zero-order chi connectivity index (χ0) is 14.9. The second-order valence-corrected chi connectivity index (χ2v) is 5.22. The molecule has 2 aromatic rings. The highest BCUT2D eigenvalue weighted by atomic mass is 32.1. The van der Waals surface area contributed by atoms with Crippen molar-refractivity contribution in [2.75, 3.05) is 12.3 Å². The lowest BCUT2D eigenvalue weighted by Crippen LogP contribution is -2.24. The number of nitrogens with one attached hydrogen (secondary N) is 2. The fourth-order valence-electron chi connectivity index (χ4n) is 1.97. The summed E-state index contributed by atoms with van der Waals surface area (Å²) in [4.78, 5) is 16.2. The molecule has 0 atom stereocenters. The normalized spacial score (nSPS) is 10.5. The van der Waals surface area contributed by atoms with Gasteiger partial charge in [-0.15, -0.1) is 0 Å². The number of rotatable bonds is 8. The fraction of sp³-hybridized carbons (Fsp3) is 0.400. The summed E-state index contributed by atoms with van der Waals surface area (Å²) in [6, 6.07) is 7.32. The van der Waals surface area contributed by atoms with Crippen molar-refractivity contribution < 1.29 is 4.79 Å². The van der Waals surface area contributed by atoms with Gasteiger partial charge in [0.2, 0.25) is 0 Å². The monoisotopic (exact) mass is 304 g/mol. The number of nitrogens with zero attached hydrogens (tertiary/aromatic N) is 2. The molecule has 0 aliphatic heterocycles. The Morgan fingerprint density at radius 2 is 2.05 bits per heavy atom. The standard InChI is InChI=1S/C15H20N4OS/c20-15(17-9-4-1-2-6-10-21)14-11-13(18-19-14)12-7-3-5-8-16-12/h3,5,7-8,11,21H,1-2,4,6,9-10H2,(H,17,20)(H,18,19). The molecule has 2 heterocycles. The van der Waals surface area contributed by atoms with E-state index in [1.165, 1.54) is 0 Å². The van der Waals surface area contributed by atoms with Crippen LogP contribution in [0, 0.1) is 0 Å². The van der Waals surface area contributed by atoms with Gasteiger partial charge in [-0.2, -0.15) is 17.7 Å². The molecule has 0 aliphatic carbocycles. The Balaban J connectivity index is 1.80. The lowest BCUT2D eigenvalue weighted by atomic mass is 10.2. The maximum atomic E-state index is 12.0. The molecule has 0 fully saturated rings. The number of amides is 1. The molecular formula is C15H20N4OS. The van der Waals surface area contributed by atoms with Crippen LogP contribution >= 0.6 is 12.6 Å². The number of hydrogen-bond donors (Lipinski definition) is 3. The molecule has 112 valence electrons. The molecule has 0 aromatic carbocycles. The number of aromatic amines is 1. The van der Waals surface area contributed by atoms with Gasteiger partial charge in [-0.25, -0.2) is 0 Å². The van der Waals surface area contributed by atoms with E-state index >= 15 is 0 Å². The van der Waals surface area contributed by atoms with E-state index in [2.05, 4.69) is 33.1 Å². The van der Waals surface area contributed by atoms with Crippen molar-refractivity contribution in [2.24, 2.45) is 0 Å². The Morgan fingerprint density at radius 1 is 1.19 bits per heavy atom. The number of aromatic nitrogens is 3. The van der Waals surface area contributed by atoms with Crippen LogP contribution in [-0.2, 0) is 0 Å². The average molecular weight is 304 g/mol. The van der Waals surface area contributed by atoms with Crippen LogP contribution in [0.25, 0.3) is 11.4 Å². The number of carbonyl (C=O) groups is 1. The Bertz CT molecular complexity index is 556. The van der Waals surface area contributed by atoms with Crippen LogP contribution in [0.3, 0.4) is 0 Å². The van der Waals surface area contributed by atoms with Crippen molar-refractivity contribution in [1.82, 2.24) is 20.5 Å². The molecule has 0 aliphatic rings. The molecule has 0 saturated heterocycles. The molecule has 0 spiro atoms.